The topological polar surface area (TPSA) is 82.1 Å². The molecule has 1 rings (SSSR count). The van der Waals surface area contributed by atoms with Crippen LogP contribution in [0.4, 0.5) is 4.79 Å². The average molecular weight is 393 g/mol. The second kappa shape index (κ2) is 9.57. The summed E-state index contributed by atoms with van der Waals surface area (Å²) in [4.78, 5) is 38.7. The van der Waals surface area contributed by atoms with Crippen molar-refractivity contribution in [3.05, 3.63) is 35.9 Å². The van der Waals surface area contributed by atoms with Gasteiger partial charge in [-0.05, 0) is 47.1 Å². The number of hydrogen-bond acceptors (Lipinski definition) is 6. The first kappa shape index (κ1) is 23.5. The Morgan fingerprint density at radius 2 is 1.46 bits per heavy atom. The number of carbonyl (C=O) groups excluding carboxylic acids is 3. The number of rotatable bonds is 6. The minimum absolute atomic E-state index is 0.176. The van der Waals surface area contributed by atoms with Gasteiger partial charge in [-0.1, -0.05) is 30.3 Å². The van der Waals surface area contributed by atoms with Crippen LogP contribution >= 0.6 is 0 Å². The lowest BCUT2D eigenvalue weighted by atomic mass is 10.0. The molecule has 0 bridgehead atoms. The summed E-state index contributed by atoms with van der Waals surface area (Å²) in [5, 5.41) is 0. The van der Waals surface area contributed by atoms with Crippen LogP contribution < -0.4 is 0 Å². The molecule has 0 heterocycles. The molecule has 0 radical (unpaired) electrons. The number of amides is 1. The van der Waals surface area contributed by atoms with E-state index in [9.17, 15) is 14.4 Å². The highest BCUT2D eigenvalue weighted by Gasteiger charge is 2.36. The average Bonchev–Trinajstić information content (AvgIpc) is 2.55. The largest absolute Gasteiger partial charge is 0.467 e. The van der Waals surface area contributed by atoms with Crippen LogP contribution in [0.15, 0.2) is 30.3 Å². The van der Waals surface area contributed by atoms with Crippen LogP contribution in [0.5, 0.6) is 0 Å². The molecule has 0 unspecified atom stereocenters. The molecule has 0 aliphatic carbocycles. The van der Waals surface area contributed by atoms with E-state index >= 15 is 0 Å². The number of hydrogen-bond donors (Lipinski definition) is 0. The van der Waals surface area contributed by atoms with E-state index in [1.54, 1.807) is 41.5 Å². The molecule has 0 fully saturated rings. The van der Waals surface area contributed by atoms with E-state index in [-0.39, 0.29) is 6.42 Å². The van der Waals surface area contributed by atoms with Gasteiger partial charge >= 0.3 is 18.0 Å². The van der Waals surface area contributed by atoms with Crippen molar-refractivity contribution < 1.29 is 28.6 Å². The molecule has 1 amide bonds. The lowest BCUT2D eigenvalue weighted by Gasteiger charge is -2.32. The predicted molar refractivity (Wildman–Crippen MR) is 105 cm³/mol. The van der Waals surface area contributed by atoms with Crippen molar-refractivity contribution in [2.75, 3.05) is 13.7 Å². The molecule has 0 aromatic heterocycles. The molecule has 156 valence electrons. The van der Waals surface area contributed by atoms with E-state index in [1.807, 2.05) is 30.3 Å². The van der Waals surface area contributed by atoms with Gasteiger partial charge in [-0.2, -0.15) is 0 Å². The van der Waals surface area contributed by atoms with Crippen molar-refractivity contribution in [1.82, 2.24) is 4.90 Å². The molecular weight excluding hydrogens is 362 g/mol. The van der Waals surface area contributed by atoms with Gasteiger partial charge in [0.25, 0.3) is 0 Å². The first-order valence-corrected chi connectivity index (χ1v) is 9.15. The Bertz CT molecular complexity index is 672. The van der Waals surface area contributed by atoms with Crippen LogP contribution in [0, 0.1) is 0 Å². The van der Waals surface area contributed by atoms with E-state index in [1.165, 1.54) is 7.11 Å². The summed E-state index contributed by atoms with van der Waals surface area (Å²) in [6, 6.07) is 8.14. The van der Waals surface area contributed by atoms with Crippen molar-refractivity contribution in [1.29, 1.82) is 0 Å². The van der Waals surface area contributed by atoms with E-state index in [2.05, 4.69) is 0 Å². The molecule has 7 heteroatoms. The number of esters is 2. The summed E-state index contributed by atoms with van der Waals surface area (Å²) in [5.74, 6) is -1.28. The first-order valence-electron chi connectivity index (χ1n) is 9.15. The van der Waals surface area contributed by atoms with E-state index in [0.717, 1.165) is 10.5 Å². The Labute approximate surface area is 166 Å². The fourth-order valence-corrected chi connectivity index (χ4v) is 2.43. The molecule has 0 saturated heterocycles. The van der Waals surface area contributed by atoms with Crippen LogP contribution in [-0.2, 0) is 30.2 Å². The predicted octanol–water partition coefficient (Wildman–Crippen LogP) is 3.35. The molecule has 1 atom stereocenters. The van der Waals surface area contributed by atoms with Crippen LogP contribution in [0.2, 0.25) is 0 Å². The van der Waals surface area contributed by atoms with Gasteiger partial charge in [0.1, 0.15) is 23.8 Å². The lowest BCUT2D eigenvalue weighted by molar-refractivity contribution is -0.158. The van der Waals surface area contributed by atoms with Crippen LogP contribution in [-0.4, -0.2) is 53.8 Å². The SMILES string of the molecule is COC(=O)[C@@H](Cc1ccccc1)N(CC(=O)OC(C)(C)C)C(=O)OC(C)(C)C. The smallest absolute Gasteiger partial charge is 0.411 e. The standard InChI is InChI=1S/C21H31NO6/c1-20(2,3)27-17(23)14-22(19(25)28-21(4,5)6)16(18(24)26-7)13-15-11-9-8-10-12-15/h8-12,16H,13-14H2,1-7H3/t16-/m1/s1. The third-order valence-electron chi connectivity index (χ3n) is 3.47. The Balaban J connectivity index is 3.19. The normalized spacial score (nSPS) is 12.7. The van der Waals surface area contributed by atoms with Gasteiger partial charge in [-0.3, -0.25) is 9.69 Å². The second-order valence-electron chi connectivity index (χ2n) is 8.42. The van der Waals surface area contributed by atoms with Gasteiger partial charge in [-0.15, -0.1) is 0 Å². The quantitative estimate of drug-likeness (QED) is 0.544. The summed E-state index contributed by atoms with van der Waals surface area (Å²) >= 11 is 0. The first-order chi connectivity index (χ1) is 12.8. The van der Waals surface area contributed by atoms with Gasteiger partial charge in [0, 0.05) is 6.42 Å². The molecule has 28 heavy (non-hydrogen) atoms. The molecule has 1 aromatic rings. The van der Waals surface area contributed by atoms with E-state index < -0.39 is 41.8 Å². The molecule has 0 aliphatic heterocycles. The molecule has 0 saturated carbocycles. The zero-order chi connectivity index (χ0) is 21.5. The minimum Gasteiger partial charge on any atom is -0.467 e. The highest BCUT2D eigenvalue weighted by molar-refractivity contribution is 5.85. The maximum atomic E-state index is 12.8. The second-order valence-corrected chi connectivity index (χ2v) is 8.42. The molecule has 1 aromatic carbocycles. The molecule has 0 N–H and O–H groups in total. The fourth-order valence-electron chi connectivity index (χ4n) is 2.43. The Morgan fingerprint density at radius 1 is 0.929 bits per heavy atom. The molecule has 0 spiro atoms. The van der Waals surface area contributed by atoms with Gasteiger partial charge < -0.3 is 14.2 Å². The number of benzene rings is 1. The molecular formula is C21H31NO6. The molecule has 0 aliphatic rings. The van der Waals surface area contributed by atoms with Gasteiger partial charge in [0.05, 0.1) is 7.11 Å². The number of nitrogens with zero attached hydrogens (tertiary/aromatic N) is 1. The highest BCUT2D eigenvalue weighted by Crippen LogP contribution is 2.17. The zero-order valence-corrected chi connectivity index (χ0v) is 17.8. The number of ether oxygens (including phenoxy) is 3. The summed E-state index contributed by atoms with van der Waals surface area (Å²) < 4.78 is 15.6. The van der Waals surface area contributed by atoms with Crippen molar-refractivity contribution in [3.63, 3.8) is 0 Å². The monoisotopic (exact) mass is 393 g/mol. The van der Waals surface area contributed by atoms with Crippen molar-refractivity contribution in [2.45, 2.75) is 65.2 Å². The van der Waals surface area contributed by atoms with Crippen LogP contribution in [0.1, 0.15) is 47.1 Å². The maximum Gasteiger partial charge on any atom is 0.411 e. The van der Waals surface area contributed by atoms with Crippen LogP contribution in [0.3, 0.4) is 0 Å². The third kappa shape index (κ3) is 8.41. The fraction of sp³-hybridized carbons (Fsp3) is 0.571. The maximum absolute atomic E-state index is 12.8. The van der Waals surface area contributed by atoms with Gasteiger partial charge in [-0.25, -0.2) is 9.59 Å². The summed E-state index contributed by atoms with van der Waals surface area (Å²) in [7, 11) is 1.24. The summed E-state index contributed by atoms with van der Waals surface area (Å²) in [6.07, 6.45) is -0.611. The van der Waals surface area contributed by atoms with Crippen LogP contribution in [0.25, 0.3) is 0 Å². The minimum atomic E-state index is -1.03. The summed E-state index contributed by atoms with van der Waals surface area (Å²) in [6.45, 7) is 9.88. The van der Waals surface area contributed by atoms with E-state index in [4.69, 9.17) is 14.2 Å². The van der Waals surface area contributed by atoms with Gasteiger partial charge in [0.15, 0.2) is 0 Å². The van der Waals surface area contributed by atoms with Crippen molar-refractivity contribution in [2.24, 2.45) is 0 Å². The Kier molecular flexibility index (Phi) is 8.02. The van der Waals surface area contributed by atoms with E-state index in [0.29, 0.717) is 0 Å². The summed E-state index contributed by atoms with van der Waals surface area (Å²) in [5.41, 5.74) is -0.705. The number of carbonyl (C=O) groups is 3. The zero-order valence-electron chi connectivity index (χ0n) is 17.8. The highest BCUT2D eigenvalue weighted by atomic mass is 16.6. The lowest BCUT2D eigenvalue weighted by Crippen LogP contribution is -2.51. The molecule has 7 nitrogen and oxygen atoms in total. The van der Waals surface area contributed by atoms with Gasteiger partial charge in [0.2, 0.25) is 0 Å². The Morgan fingerprint density at radius 3 is 1.93 bits per heavy atom. The van der Waals surface area contributed by atoms with Crippen molar-refractivity contribution >= 4 is 18.0 Å². The van der Waals surface area contributed by atoms with Crippen molar-refractivity contribution in [3.8, 4) is 0 Å². The number of methoxy groups -OCH3 is 1. The Hall–Kier alpha value is -2.57. The third-order valence-corrected chi connectivity index (χ3v) is 3.47.